The Bertz CT molecular complexity index is 378. The van der Waals surface area contributed by atoms with Crippen LogP contribution in [0.25, 0.3) is 0 Å². The zero-order valence-corrected chi connectivity index (χ0v) is 11.0. The van der Waals surface area contributed by atoms with Gasteiger partial charge in [0.05, 0.1) is 15.2 Å². The van der Waals surface area contributed by atoms with E-state index in [1.165, 1.54) is 12.1 Å². The lowest BCUT2D eigenvalue weighted by atomic mass is 10.2. The summed E-state index contributed by atoms with van der Waals surface area (Å²) in [5.74, 6) is -0.495. The summed E-state index contributed by atoms with van der Waals surface area (Å²) in [6.07, 6.45) is 0.0825. The largest absolute Gasteiger partial charge is 0.490 e. The molecule has 0 aliphatic carbocycles. The van der Waals surface area contributed by atoms with Gasteiger partial charge >= 0.3 is 5.97 Å². The first-order valence-electron chi connectivity index (χ1n) is 4.88. The third-order valence-electron chi connectivity index (χ3n) is 2.08. The fourth-order valence-electron chi connectivity index (χ4n) is 1.05. The van der Waals surface area contributed by atoms with Crippen LogP contribution in [0.4, 0.5) is 0 Å². The number of carboxylic acids is 1. The molecule has 0 aliphatic rings. The van der Waals surface area contributed by atoms with Crippen molar-refractivity contribution in [2.75, 3.05) is 6.61 Å². The summed E-state index contributed by atoms with van der Waals surface area (Å²) in [4.78, 5) is 10.8. The van der Waals surface area contributed by atoms with Crippen molar-refractivity contribution in [3.05, 3.63) is 27.3 Å². The molecule has 1 rings (SSSR count). The van der Waals surface area contributed by atoms with Crippen molar-refractivity contribution in [1.29, 1.82) is 0 Å². The molecule has 0 spiro atoms. The van der Waals surface area contributed by atoms with Crippen molar-refractivity contribution in [2.24, 2.45) is 0 Å². The highest BCUT2D eigenvalue weighted by atomic mass is 127. The Balaban J connectivity index is 2.78. The molecule has 0 radical (unpaired) electrons. The summed E-state index contributed by atoms with van der Waals surface area (Å²) in [6, 6.07) is 4.66. The van der Waals surface area contributed by atoms with Crippen LogP contribution in [0.1, 0.15) is 23.7 Å². The van der Waals surface area contributed by atoms with Crippen LogP contribution in [0, 0.1) is 3.57 Å². The fraction of sp³-hybridized carbons (Fsp3) is 0.364. The van der Waals surface area contributed by atoms with Gasteiger partial charge in [-0.05, 0) is 47.2 Å². The number of aromatic carboxylic acids is 1. The number of carboxylic acid groups (broad SMARTS) is 1. The topological polar surface area (TPSA) is 66.8 Å². The average molecular weight is 336 g/mol. The van der Waals surface area contributed by atoms with Gasteiger partial charge in [-0.1, -0.05) is 6.92 Å². The van der Waals surface area contributed by atoms with Crippen LogP contribution in [0.5, 0.6) is 5.75 Å². The fourth-order valence-corrected chi connectivity index (χ4v) is 1.54. The van der Waals surface area contributed by atoms with Crippen molar-refractivity contribution < 1.29 is 19.7 Å². The van der Waals surface area contributed by atoms with Gasteiger partial charge in [0.25, 0.3) is 0 Å². The molecule has 0 saturated carbocycles. The summed E-state index contributed by atoms with van der Waals surface area (Å²) in [5, 5.41) is 18.2. The van der Waals surface area contributed by atoms with Crippen LogP contribution < -0.4 is 4.74 Å². The lowest BCUT2D eigenvalue weighted by molar-refractivity contribution is 0.0696. The quantitative estimate of drug-likeness (QED) is 0.809. The monoisotopic (exact) mass is 336 g/mol. The predicted molar refractivity (Wildman–Crippen MR) is 67.9 cm³/mol. The zero-order valence-electron chi connectivity index (χ0n) is 8.81. The van der Waals surface area contributed by atoms with Gasteiger partial charge in [-0.2, -0.15) is 0 Å². The van der Waals surface area contributed by atoms with E-state index in [0.29, 0.717) is 12.2 Å². The Morgan fingerprint density at radius 3 is 2.81 bits per heavy atom. The Labute approximate surface area is 107 Å². The number of benzene rings is 1. The van der Waals surface area contributed by atoms with Crippen LogP contribution in [0.2, 0.25) is 0 Å². The molecule has 0 fully saturated rings. The van der Waals surface area contributed by atoms with Crippen molar-refractivity contribution in [3.8, 4) is 5.75 Å². The SMILES string of the molecule is CCC(O)COc1cc(C(=O)O)ccc1I. The first-order chi connectivity index (χ1) is 7.54. The van der Waals surface area contributed by atoms with Gasteiger partial charge in [-0.15, -0.1) is 0 Å². The van der Waals surface area contributed by atoms with Gasteiger partial charge in [0, 0.05) is 0 Å². The third-order valence-corrected chi connectivity index (χ3v) is 2.97. The summed E-state index contributed by atoms with van der Waals surface area (Å²) in [5.41, 5.74) is 0.182. The molecule has 0 aromatic heterocycles. The third kappa shape index (κ3) is 3.64. The van der Waals surface area contributed by atoms with Crippen molar-refractivity contribution in [3.63, 3.8) is 0 Å². The molecule has 1 unspecified atom stereocenters. The second-order valence-corrected chi connectivity index (χ2v) is 4.49. The molecule has 5 heteroatoms. The second-order valence-electron chi connectivity index (χ2n) is 3.32. The number of halogens is 1. The molecule has 88 valence electrons. The maximum atomic E-state index is 10.8. The summed E-state index contributed by atoms with van der Waals surface area (Å²) in [7, 11) is 0. The molecular formula is C11H13IO4. The summed E-state index contributed by atoms with van der Waals surface area (Å²) in [6.45, 7) is 2.03. The van der Waals surface area contributed by atoms with E-state index in [1.54, 1.807) is 6.07 Å². The molecule has 1 aromatic rings. The molecular weight excluding hydrogens is 323 g/mol. The summed E-state index contributed by atoms with van der Waals surface area (Å²) < 4.78 is 6.18. The first-order valence-corrected chi connectivity index (χ1v) is 5.96. The second kappa shape index (κ2) is 6.05. The van der Waals surface area contributed by atoms with Crippen LogP contribution in [0.3, 0.4) is 0 Å². The highest BCUT2D eigenvalue weighted by Gasteiger charge is 2.09. The number of aliphatic hydroxyl groups is 1. The molecule has 4 nitrogen and oxygen atoms in total. The standard InChI is InChI=1S/C11H13IO4/c1-2-8(13)6-16-10-5-7(11(14)15)3-4-9(10)12/h3-5,8,13H,2,6H2,1H3,(H,14,15). The molecule has 2 N–H and O–H groups in total. The maximum absolute atomic E-state index is 10.8. The number of rotatable bonds is 5. The van der Waals surface area contributed by atoms with E-state index in [1.807, 2.05) is 6.92 Å². The molecule has 16 heavy (non-hydrogen) atoms. The van der Waals surface area contributed by atoms with Gasteiger partial charge in [0.2, 0.25) is 0 Å². The molecule has 0 aliphatic heterocycles. The predicted octanol–water partition coefficient (Wildman–Crippen LogP) is 2.14. The number of ether oxygens (including phenoxy) is 1. The molecule has 1 aromatic carbocycles. The van der Waals surface area contributed by atoms with Gasteiger partial charge < -0.3 is 14.9 Å². The maximum Gasteiger partial charge on any atom is 0.335 e. The van der Waals surface area contributed by atoms with Crippen LogP contribution in [-0.4, -0.2) is 28.9 Å². The Morgan fingerprint density at radius 1 is 1.56 bits per heavy atom. The van der Waals surface area contributed by atoms with E-state index < -0.39 is 12.1 Å². The van der Waals surface area contributed by atoms with E-state index in [0.717, 1.165) is 3.57 Å². The highest BCUT2D eigenvalue weighted by molar-refractivity contribution is 14.1. The van der Waals surface area contributed by atoms with E-state index in [9.17, 15) is 9.90 Å². The van der Waals surface area contributed by atoms with Crippen LogP contribution in [-0.2, 0) is 0 Å². The summed E-state index contributed by atoms with van der Waals surface area (Å²) >= 11 is 2.06. The number of hydrogen-bond acceptors (Lipinski definition) is 3. The minimum absolute atomic E-state index is 0.176. The molecule has 1 atom stereocenters. The minimum Gasteiger partial charge on any atom is -0.490 e. The van der Waals surface area contributed by atoms with Crippen LogP contribution in [0.15, 0.2) is 18.2 Å². The normalized spacial score (nSPS) is 12.2. The van der Waals surface area contributed by atoms with Crippen molar-refractivity contribution in [2.45, 2.75) is 19.4 Å². The van der Waals surface area contributed by atoms with Crippen molar-refractivity contribution >= 4 is 28.6 Å². The van der Waals surface area contributed by atoms with Gasteiger partial charge in [-0.3, -0.25) is 0 Å². The minimum atomic E-state index is -0.989. The van der Waals surface area contributed by atoms with Gasteiger partial charge in [-0.25, -0.2) is 4.79 Å². The number of hydrogen-bond donors (Lipinski definition) is 2. The Kier molecular flexibility index (Phi) is 5.01. The first kappa shape index (κ1) is 13.2. The Morgan fingerprint density at radius 2 is 2.25 bits per heavy atom. The Hall–Kier alpha value is -0.820. The molecule has 0 heterocycles. The molecule has 0 saturated heterocycles. The van der Waals surface area contributed by atoms with Crippen molar-refractivity contribution in [1.82, 2.24) is 0 Å². The van der Waals surface area contributed by atoms with E-state index in [4.69, 9.17) is 9.84 Å². The van der Waals surface area contributed by atoms with E-state index in [2.05, 4.69) is 22.6 Å². The van der Waals surface area contributed by atoms with E-state index in [-0.39, 0.29) is 12.2 Å². The smallest absolute Gasteiger partial charge is 0.335 e. The average Bonchev–Trinajstić information content (AvgIpc) is 2.27. The van der Waals surface area contributed by atoms with Crippen LogP contribution >= 0.6 is 22.6 Å². The lowest BCUT2D eigenvalue weighted by Crippen LogP contribution is -2.16. The van der Waals surface area contributed by atoms with E-state index >= 15 is 0 Å². The number of carbonyl (C=O) groups is 1. The molecule has 0 bridgehead atoms. The highest BCUT2D eigenvalue weighted by Crippen LogP contribution is 2.22. The zero-order chi connectivity index (χ0) is 12.1. The number of aliphatic hydroxyl groups excluding tert-OH is 1. The van der Waals surface area contributed by atoms with Gasteiger partial charge in [0.15, 0.2) is 0 Å². The molecule has 0 amide bonds. The lowest BCUT2D eigenvalue weighted by Gasteiger charge is -2.12. The van der Waals surface area contributed by atoms with Gasteiger partial charge in [0.1, 0.15) is 12.4 Å².